The summed E-state index contributed by atoms with van der Waals surface area (Å²) in [5.41, 5.74) is 0. The number of hydrogen-bond acceptors (Lipinski definition) is 4. The number of rotatable bonds is 6. The van der Waals surface area contributed by atoms with Crippen LogP contribution in [0, 0.1) is 0 Å². The monoisotopic (exact) mass is 261 g/mol. The molecule has 0 aliphatic heterocycles. The minimum Gasteiger partial charge on any atom is -0.481 e. The molecule has 8 heteroatoms. The number of aromatic nitrogens is 2. The van der Waals surface area contributed by atoms with Gasteiger partial charge in [-0.1, -0.05) is 6.92 Å². The summed E-state index contributed by atoms with van der Waals surface area (Å²) in [6.45, 7) is 2.25. The first-order valence-electron chi connectivity index (χ1n) is 5.08. The standard InChI is InChI=1S/C9H15N3O4S/c1-3-11(2)17(15,16)8-6-10-12(7-8)5-4-9(13)14/h6-7H,3-5H2,1-2H3,(H,13,14). The predicted molar refractivity (Wildman–Crippen MR) is 60.0 cm³/mol. The van der Waals surface area contributed by atoms with Gasteiger partial charge in [-0.3, -0.25) is 9.48 Å². The molecule has 17 heavy (non-hydrogen) atoms. The highest BCUT2D eigenvalue weighted by Crippen LogP contribution is 2.12. The molecule has 0 saturated carbocycles. The van der Waals surface area contributed by atoms with Crippen molar-refractivity contribution < 1.29 is 18.3 Å². The van der Waals surface area contributed by atoms with Gasteiger partial charge in [0.1, 0.15) is 4.90 Å². The molecule has 1 N–H and O–H groups in total. The summed E-state index contributed by atoms with van der Waals surface area (Å²) in [6, 6.07) is 0. The number of aryl methyl sites for hydroxylation is 1. The summed E-state index contributed by atoms with van der Waals surface area (Å²) in [7, 11) is -2.03. The van der Waals surface area contributed by atoms with Crippen LogP contribution in [0.1, 0.15) is 13.3 Å². The van der Waals surface area contributed by atoms with Crippen molar-refractivity contribution in [3.8, 4) is 0 Å². The Morgan fingerprint density at radius 3 is 2.76 bits per heavy atom. The van der Waals surface area contributed by atoms with Gasteiger partial charge in [-0.25, -0.2) is 12.7 Å². The molecule has 1 aromatic rings. The molecule has 0 radical (unpaired) electrons. The van der Waals surface area contributed by atoms with Crippen molar-refractivity contribution >= 4 is 16.0 Å². The Morgan fingerprint density at radius 2 is 2.24 bits per heavy atom. The average molecular weight is 261 g/mol. The van der Waals surface area contributed by atoms with Crippen molar-refractivity contribution in [2.45, 2.75) is 24.8 Å². The van der Waals surface area contributed by atoms with E-state index >= 15 is 0 Å². The Bertz CT molecular complexity index is 494. The number of aliphatic carboxylic acids is 1. The fraction of sp³-hybridized carbons (Fsp3) is 0.556. The van der Waals surface area contributed by atoms with Crippen molar-refractivity contribution in [1.29, 1.82) is 0 Å². The zero-order valence-electron chi connectivity index (χ0n) is 9.70. The topological polar surface area (TPSA) is 92.5 Å². The summed E-state index contributed by atoms with van der Waals surface area (Å²) in [5, 5.41) is 12.3. The molecule has 1 aromatic heterocycles. The van der Waals surface area contributed by atoms with Crippen molar-refractivity contribution in [1.82, 2.24) is 14.1 Å². The lowest BCUT2D eigenvalue weighted by molar-refractivity contribution is -0.137. The molecular weight excluding hydrogens is 246 g/mol. The van der Waals surface area contributed by atoms with Gasteiger partial charge in [0.15, 0.2) is 0 Å². The summed E-state index contributed by atoms with van der Waals surface area (Å²) >= 11 is 0. The Kier molecular flexibility index (Phi) is 4.24. The van der Waals surface area contributed by atoms with E-state index in [0.717, 1.165) is 0 Å². The van der Waals surface area contributed by atoms with Crippen molar-refractivity contribution in [2.24, 2.45) is 0 Å². The highest BCUT2D eigenvalue weighted by Gasteiger charge is 2.21. The Hall–Kier alpha value is -1.41. The Morgan fingerprint density at radius 1 is 1.59 bits per heavy atom. The summed E-state index contributed by atoms with van der Waals surface area (Å²) in [5.74, 6) is -0.949. The molecule has 0 unspecified atom stereocenters. The second kappa shape index (κ2) is 5.28. The SMILES string of the molecule is CCN(C)S(=O)(=O)c1cnn(CCC(=O)O)c1. The second-order valence-corrected chi connectivity index (χ2v) is 5.55. The number of carboxylic acids is 1. The van der Waals surface area contributed by atoms with Gasteiger partial charge in [0, 0.05) is 19.8 Å². The van der Waals surface area contributed by atoms with E-state index in [-0.39, 0.29) is 17.9 Å². The molecule has 0 fully saturated rings. The predicted octanol–water partition coefficient (Wildman–Crippen LogP) is -0.00180. The largest absolute Gasteiger partial charge is 0.481 e. The molecule has 1 heterocycles. The Balaban J connectivity index is 2.84. The molecular formula is C9H15N3O4S. The van der Waals surface area contributed by atoms with E-state index in [1.54, 1.807) is 6.92 Å². The van der Waals surface area contributed by atoms with E-state index in [4.69, 9.17) is 5.11 Å². The quantitative estimate of drug-likeness (QED) is 0.778. The van der Waals surface area contributed by atoms with Crippen LogP contribution in [-0.2, 0) is 21.4 Å². The van der Waals surface area contributed by atoms with Crippen LogP contribution in [0.5, 0.6) is 0 Å². The van der Waals surface area contributed by atoms with Crippen molar-refractivity contribution in [3.05, 3.63) is 12.4 Å². The van der Waals surface area contributed by atoms with Gasteiger partial charge in [-0.15, -0.1) is 0 Å². The van der Waals surface area contributed by atoms with Crippen LogP contribution in [0.3, 0.4) is 0 Å². The minimum atomic E-state index is -3.50. The molecule has 7 nitrogen and oxygen atoms in total. The molecule has 0 atom stereocenters. The van der Waals surface area contributed by atoms with E-state index in [2.05, 4.69) is 5.10 Å². The van der Waals surface area contributed by atoms with E-state index in [9.17, 15) is 13.2 Å². The molecule has 0 saturated heterocycles. The lowest BCUT2D eigenvalue weighted by atomic mass is 10.4. The normalized spacial score (nSPS) is 11.9. The third-order valence-electron chi connectivity index (χ3n) is 2.32. The van der Waals surface area contributed by atoms with Crippen LogP contribution in [0.4, 0.5) is 0 Å². The van der Waals surface area contributed by atoms with Gasteiger partial charge in [0.05, 0.1) is 19.2 Å². The number of sulfonamides is 1. The molecule has 0 spiro atoms. The average Bonchev–Trinajstić information content (AvgIpc) is 2.74. The van der Waals surface area contributed by atoms with E-state index in [1.165, 1.54) is 28.4 Å². The molecule has 0 aliphatic rings. The summed E-state index contributed by atoms with van der Waals surface area (Å²) < 4.78 is 26.3. The van der Waals surface area contributed by atoms with Crippen LogP contribution in [0.15, 0.2) is 17.3 Å². The fourth-order valence-electron chi connectivity index (χ4n) is 1.16. The fourth-order valence-corrected chi connectivity index (χ4v) is 2.30. The number of hydrogen-bond donors (Lipinski definition) is 1. The van der Waals surface area contributed by atoms with Gasteiger partial charge >= 0.3 is 5.97 Å². The van der Waals surface area contributed by atoms with Crippen LogP contribution in [0.25, 0.3) is 0 Å². The van der Waals surface area contributed by atoms with Crippen molar-refractivity contribution in [2.75, 3.05) is 13.6 Å². The maximum Gasteiger partial charge on any atom is 0.305 e. The zero-order chi connectivity index (χ0) is 13.1. The maximum atomic E-state index is 11.9. The molecule has 0 aliphatic carbocycles. The summed E-state index contributed by atoms with van der Waals surface area (Å²) in [4.78, 5) is 10.4. The summed E-state index contributed by atoms with van der Waals surface area (Å²) in [6.07, 6.45) is 2.47. The molecule has 0 bridgehead atoms. The number of nitrogens with zero attached hydrogens (tertiary/aromatic N) is 3. The Labute approximate surface area is 99.7 Å². The zero-order valence-corrected chi connectivity index (χ0v) is 10.5. The van der Waals surface area contributed by atoms with E-state index in [1.807, 2.05) is 0 Å². The first-order valence-corrected chi connectivity index (χ1v) is 6.52. The van der Waals surface area contributed by atoms with Crippen LogP contribution in [-0.4, -0.2) is 47.2 Å². The van der Waals surface area contributed by atoms with Crippen LogP contribution < -0.4 is 0 Å². The lowest BCUT2D eigenvalue weighted by Crippen LogP contribution is -2.26. The van der Waals surface area contributed by atoms with Gasteiger partial charge in [0.2, 0.25) is 10.0 Å². The molecule has 1 rings (SSSR count). The smallest absolute Gasteiger partial charge is 0.305 e. The highest BCUT2D eigenvalue weighted by atomic mass is 32.2. The van der Waals surface area contributed by atoms with Crippen LogP contribution >= 0.6 is 0 Å². The third kappa shape index (κ3) is 3.27. The number of carboxylic acid groups (broad SMARTS) is 1. The van der Waals surface area contributed by atoms with Gasteiger partial charge in [-0.2, -0.15) is 5.10 Å². The van der Waals surface area contributed by atoms with Gasteiger partial charge < -0.3 is 5.11 Å². The van der Waals surface area contributed by atoms with Crippen LogP contribution in [0.2, 0.25) is 0 Å². The third-order valence-corrected chi connectivity index (χ3v) is 4.20. The molecule has 96 valence electrons. The van der Waals surface area contributed by atoms with E-state index < -0.39 is 16.0 Å². The minimum absolute atomic E-state index is 0.0761. The van der Waals surface area contributed by atoms with Crippen molar-refractivity contribution in [3.63, 3.8) is 0 Å². The second-order valence-electron chi connectivity index (χ2n) is 3.50. The lowest BCUT2D eigenvalue weighted by Gasteiger charge is -2.12. The first kappa shape index (κ1) is 13.7. The maximum absolute atomic E-state index is 11.9. The molecule has 0 aromatic carbocycles. The first-order chi connectivity index (χ1) is 7.87. The van der Waals surface area contributed by atoms with Gasteiger partial charge in [-0.05, 0) is 0 Å². The number of carbonyl (C=O) groups is 1. The van der Waals surface area contributed by atoms with Gasteiger partial charge in [0.25, 0.3) is 0 Å². The van der Waals surface area contributed by atoms with E-state index in [0.29, 0.717) is 6.54 Å². The molecule has 0 amide bonds. The highest BCUT2D eigenvalue weighted by molar-refractivity contribution is 7.89.